The van der Waals surface area contributed by atoms with Gasteiger partial charge in [0.2, 0.25) is 0 Å². The fraction of sp³-hybridized carbons (Fsp3) is 0.125. The van der Waals surface area contributed by atoms with Gasteiger partial charge in [-0.1, -0.05) is 29.8 Å². The largest absolute Gasteiger partial charge is 0.352 e. The molecule has 0 saturated carbocycles. The maximum atomic E-state index is 11.0. The Morgan fingerprint density at radius 1 is 1.36 bits per heavy atom. The molecule has 6 heteroatoms. The Bertz CT molecular complexity index is 843. The average Bonchev–Trinajstić information content (AvgIpc) is 2.89. The van der Waals surface area contributed by atoms with E-state index in [-0.39, 0.29) is 6.04 Å². The summed E-state index contributed by atoms with van der Waals surface area (Å²) in [4.78, 5) is 15.4. The van der Waals surface area contributed by atoms with E-state index in [1.807, 2.05) is 53.9 Å². The number of pyridine rings is 1. The summed E-state index contributed by atoms with van der Waals surface area (Å²) in [7, 11) is 0. The Labute approximate surface area is 132 Å². The van der Waals surface area contributed by atoms with Crippen molar-refractivity contribution in [3.63, 3.8) is 0 Å². The number of hydrogen-bond acceptors (Lipinski definition) is 2. The molecule has 1 unspecified atom stereocenters. The SMILES string of the molecule is CC(NC(N)=O)c1cccc(-c2cnc3cc(Cl)ccn23)c1. The molecule has 0 saturated heterocycles. The molecule has 5 nitrogen and oxygen atoms in total. The van der Waals surface area contributed by atoms with Crippen LogP contribution in [0.15, 0.2) is 48.8 Å². The highest BCUT2D eigenvalue weighted by molar-refractivity contribution is 6.30. The van der Waals surface area contributed by atoms with Crippen molar-refractivity contribution in [2.24, 2.45) is 5.73 Å². The summed E-state index contributed by atoms with van der Waals surface area (Å²) < 4.78 is 1.97. The molecule has 0 aliphatic heterocycles. The summed E-state index contributed by atoms with van der Waals surface area (Å²) in [5.41, 5.74) is 8.90. The lowest BCUT2D eigenvalue weighted by Crippen LogP contribution is -2.31. The number of primary amides is 1. The van der Waals surface area contributed by atoms with Gasteiger partial charge in [-0.25, -0.2) is 9.78 Å². The molecule has 1 aromatic carbocycles. The van der Waals surface area contributed by atoms with Crippen molar-refractivity contribution in [3.8, 4) is 11.3 Å². The number of carbonyl (C=O) groups excluding carboxylic acids is 1. The zero-order chi connectivity index (χ0) is 15.7. The normalized spacial score (nSPS) is 12.3. The highest BCUT2D eigenvalue weighted by atomic mass is 35.5. The fourth-order valence-electron chi connectivity index (χ4n) is 2.43. The van der Waals surface area contributed by atoms with Gasteiger partial charge in [-0.2, -0.15) is 0 Å². The number of aromatic nitrogens is 2. The van der Waals surface area contributed by atoms with E-state index < -0.39 is 6.03 Å². The number of fused-ring (bicyclic) bond motifs is 1. The van der Waals surface area contributed by atoms with Crippen molar-refractivity contribution in [2.75, 3.05) is 0 Å². The number of nitrogens with two attached hydrogens (primary N) is 1. The number of nitrogens with zero attached hydrogens (tertiary/aromatic N) is 2. The van der Waals surface area contributed by atoms with Crippen molar-refractivity contribution in [1.29, 1.82) is 0 Å². The molecular formula is C16H15ClN4O. The molecule has 0 aliphatic rings. The summed E-state index contributed by atoms with van der Waals surface area (Å²) in [5, 5.41) is 3.33. The van der Waals surface area contributed by atoms with Gasteiger partial charge in [-0.15, -0.1) is 0 Å². The average molecular weight is 315 g/mol. The predicted octanol–water partition coefficient (Wildman–Crippen LogP) is 3.38. The minimum absolute atomic E-state index is 0.161. The second kappa shape index (κ2) is 5.69. The standard InChI is InChI=1S/C16H15ClN4O/c1-10(20-16(18)22)11-3-2-4-12(7-11)14-9-19-15-8-13(17)5-6-21(14)15/h2-10H,1H3,(H3,18,20,22). The zero-order valence-corrected chi connectivity index (χ0v) is 12.7. The molecular weight excluding hydrogens is 300 g/mol. The van der Waals surface area contributed by atoms with E-state index in [9.17, 15) is 4.79 Å². The van der Waals surface area contributed by atoms with Crippen LogP contribution < -0.4 is 11.1 Å². The molecule has 2 aromatic heterocycles. The molecule has 0 fully saturated rings. The molecule has 0 bridgehead atoms. The van der Waals surface area contributed by atoms with Crippen molar-refractivity contribution >= 4 is 23.3 Å². The maximum absolute atomic E-state index is 11.0. The topological polar surface area (TPSA) is 72.4 Å². The summed E-state index contributed by atoms with van der Waals surface area (Å²) >= 11 is 5.98. The smallest absolute Gasteiger partial charge is 0.312 e. The fourth-order valence-corrected chi connectivity index (χ4v) is 2.59. The monoisotopic (exact) mass is 314 g/mol. The molecule has 0 spiro atoms. The molecule has 3 aromatic rings. The van der Waals surface area contributed by atoms with Crippen LogP contribution in [0, 0.1) is 0 Å². The predicted molar refractivity (Wildman–Crippen MR) is 86.8 cm³/mol. The van der Waals surface area contributed by atoms with E-state index in [0.29, 0.717) is 5.02 Å². The Balaban J connectivity index is 2.02. The lowest BCUT2D eigenvalue weighted by Gasteiger charge is -2.13. The number of halogens is 1. The van der Waals surface area contributed by atoms with Gasteiger partial charge < -0.3 is 11.1 Å². The van der Waals surface area contributed by atoms with Gasteiger partial charge in [0.1, 0.15) is 5.65 Å². The van der Waals surface area contributed by atoms with Crippen molar-refractivity contribution < 1.29 is 4.79 Å². The van der Waals surface area contributed by atoms with Crippen LogP contribution in [0.5, 0.6) is 0 Å². The summed E-state index contributed by atoms with van der Waals surface area (Å²) in [5.74, 6) is 0. The number of rotatable bonds is 3. The Morgan fingerprint density at radius 2 is 2.18 bits per heavy atom. The van der Waals surface area contributed by atoms with Gasteiger partial charge in [0.25, 0.3) is 0 Å². The molecule has 0 radical (unpaired) electrons. The van der Waals surface area contributed by atoms with Gasteiger partial charge in [0, 0.05) is 22.8 Å². The van der Waals surface area contributed by atoms with E-state index in [1.54, 1.807) is 6.20 Å². The quantitative estimate of drug-likeness (QED) is 0.778. The van der Waals surface area contributed by atoms with E-state index in [0.717, 1.165) is 22.5 Å². The van der Waals surface area contributed by atoms with Crippen molar-refractivity contribution in [2.45, 2.75) is 13.0 Å². The third kappa shape index (κ3) is 2.76. The van der Waals surface area contributed by atoms with Crippen LogP contribution in [0.2, 0.25) is 5.02 Å². The first kappa shape index (κ1) is 14.4. The van der Waals surface area contributed by atoms with Crippen molar-refractivity contribution in [3.05, 3.63) is 59.4 Å². The molecule has 22 heavy (non-hydrogen) atoms. The van der Waals surface area contributed by atoms with Crippen LogP contribution in [0.1, 0.15) is 18.5 Å². The number of urea groups is 1. The first-order chi connectivity index (χ1) is 10.5. The summed E-state index contributed by atoms with van der Waals surface area (Å²) in [6.07, 6.45) is 3.69. The lowest BCUT2D eigenvalue weighted by molar-refractivity contribution is 0.246. The minimum Gasteiger partial charge on any atom is -0.352 e. The van der Waals surface area contributed by atoms with Crippen LogP contribution in [0.25, 0.3) is 16.9 Å². The molecule has 2 heterocycles. The maximum Gasteiger partial charge on any atom is 0.312 e. The van der Waals surface area contributed by atoms with Gasteiger partial charge in [0.15, 0.2) is 0 Å². The second-order valence-corrected chi connectivity index (χ2v) is 5.51. The number of carbonyl (C=O) groups is 1. The Morgan fingerprint density at radius 3 is 2.95 bits per heavy atom. The summed E-state index contributed by atoms with van der Waals surface area (Å²) in [6.45, 7) is 1.89. The van der Waals surface area contributed by atoms with Crippen LogP contribution in [0.3, 0.4) is 0 Å². The molecule has 112 valence electrons. The molecule has 3 rings (SSSR count). The molecule has 0 aliphatic carbocycles. The number of amides is 2. The van der Waals surface area contributed by atoms with Crippen LogP contribution in [-0.2, 0) is 0 Å². The van der Waals surface area contributed by atoms with Gasteiger partial charge in [-0.05, 0) is 24.6 Å². The number of imidazole rings is 1. The third-order valence-corrected chi connectivity index (χ3v) is 3.75. The number of hydrogen-bond donors (Lipinski definition) is 2. The number of nitrogens with one attached hydrogen (secondary N) is 1. The molecule has 2 amide bonds. The zero-order valence-electron chi connectivity index (χ0n) is 12.0. The first-order valence-corrected chi connectivity index (χ1v) is 7.21. The highest BCUT2D eigenvalue weighted by Gasteiger charge is 2.10. The van der Waals surface area contributed by atoms with Crippen LogP contribution in [0.4, 0.5) is 4.79 Å². The highest BCUT2D eigenvalue weighted by Crippen LogP contribution is 2.25. The van der Waals surface area contributed by atoms with E-state index in [2.05, 4.69) is 10.3 Å². The Hall–Kier alpha value is -2.53. The van der Waals surface area contributed by atoms with Crippen LogP contribution >= 0.6 is 11.6 Å². The van der Waals surface area contributed by atoms with E-state index in [1.165, 1.54) is 0 Å². The minimum atomic E-state index is -0.539. The second-order valence-electron chi connectivity index (χ2n) is 5.07. The Kier molecular flexibility index (Phi) is 3.73. The van der Waals surface area contributed by atoms with Crippen molar-refractivity contribution in [1.82, 2.24) is 14.7 Å². The van der Waals surface area contributed by atoms with Gasteiger partial charge in [-0.3, -0.25) is 4.40 Å². The molecule has 3 N–H and O–H groups in total. The van der Waals surface area contributed by atoms with E-state index in [4.69, 9.17) is 17.3 Å². The first-order valence-electron chi connectivity index (χ1n) is 6.83. The molecule has 1 atom stereocenters. The lowest BCUT2D eigenvalue weighted by atomic mass is 10.0. The summed E-state index contributed by atoms with van der Waals surface area (Å²) in [6, 6.07) is 10.8. The van der Waals surface area contributed by atoms with Crippen LogP contribution in [-0.4, -0.2) is 15.4 Å². The number of benzene rings is 1. The van der Waals surface area contributed by atoms with Gasteiger partial charge >= 0.3 is 6.03 Å². The van der Waals surface area contributed by atoms with E-state index >= 15 is 0 Å². The van der Waals surface area contributed by atoms with Gasteiger partial charge in [0.05, 0.1) is 17.9 Å². The third-order valence-electron chi connectivity index (χ3n) is 3.52.